The van der Waals surface area contributed by atoms with E-state index in [0.29, 0.717) is 6.54 Å². The third-order valence-electron chi connectivity index (χ3n) is 4.63. The van der Waals surface area contributed by atoms with Gasteiger partial charge in [-0.2, -0.15) is 0 Å². The van der Waals surface area contributed by atoms with E-state index in [0.717, 1.165) is 36.6 Å². The van der Waals surface area contributed by atoms with Gasteiger partial charge in [0.15, 0.2) is 0 Å². The van der Waals surface area contributed by atoms with E-state index in [4.69, 9.17) is 0 Å². The summed E-state index contributed by atoms with van der Waals surface area (Å²) in [5, 5.41) is 5.40. The summed E-state index contributed by atoms with van der Waals surface area (Å²) in [4.78, 5) is 25.3. The molecule has 0 radical (unpaired) electrons. The number of likely N-dealkylation sites (tertiary alicyclic amines) is 1. The van der Waals surface area contributed by atoms with Gasteiger partial charge in [0.1, 0.15) is 6.04 Å². The highest BCUT2D eigenvalue weighted by molar-refractivity contribution is 5.88. The third-order valence-corrected chi connectivity index (χ3v) is 4.63. The summed E-state index contributed by atoms with van der Waals surface area (Å²) >= 11 is 0. The van der Waals surface area contributed by atoms with Crippen molar-refractivity contribution in [3.05, 3.63) is 48.0 Å². The van der Waals surface area contributed by atoms with Crippen molar-refractivity contribution in [2.24, 2.45) is 0 Å². The van der Waals surface area contributed by atoms with Crippen molar-refractivity contribution < 1.29 is 9.59 Å². The minimum absolute atomic E-state index is 0.0581. The first kappa shape index (κ1) is 15.5. The predicted molar refractivity (Wildman–Crippen MR) is 90.9 cm³/mol. The van der Waals surface area contributed by atoms with E-state index in [1.165, 1.54) is 5.39 Å². The van der Waals surface area contributed by atoms with Gasteiger partial charge in [-0.25, -0.2) is 0 Å². The molecule has 2 aromatic rings. The Balaban J connectivity index is 1.79. The van der Waals surface area contributed by atoms with Gasteiger partial charge in [0, 0.05) is 6.54 Å². The molecule has 1 aliphatic rings. The quantitative estimate of drug-likeness (QED) is 0.883. The van der Waals surface area contributed by atoms with Crippen LogP contribution in [0.2, 0.25) is 0 Å². The van der Waals surface area contributed by atoms with Crippen LogP contribution >= 0.6 is 0 Å². The molecule has 1 fully saturated rings. The van der Waals surface area contributed by atoms with Crippen molar-refractivity contribution >= 4 is 23.1 Å². The van der Waals surface area contributed by atoms with Crippen LogP contribution in [0, 0.1) is 0 Å². The molecule has 2 atom stereocenters. The zero-order valence-corrected chi connectivity index (χ0v) is 13.4. The van der Waals surface area contributed by atoms with Gasteiger partial charge in [-0.05, 0) is 42.5 Å². The van der Waals surface area contributed by atoms with Crippen LogP contribution in [0.4, 0.5) is 0 Å². The number of benzene rings is 2. The number of hydrogen-bond acceptors (Lipinski definition) is 2. The molecule has 1 aliphatic heterocycles. The molecule has 0 spiro atoms. The molecular formula is C19H22N2O2. The smallest absolute Gasteiger partial charge is 0.243 e. The van der Waals surface area contributed by atoms with E-state index < -0.39 is 0 Å². The number of fused-ring (bicyclic) bond motifs is 1. The van der Waals surface area contributed by atoms with E-state index in [9.17, 15) is 9.59 Å². The predicted octanol–water partition coefficient (Wildman–Crippen LogP) is 3.03. The minimum Gasteiger partial charge on any atom is -0.348 e. The highest BCUT2D eigenvalue weighted by Crippen LogP contribution is 2.25. The summed E-state index contributed by atoms with van der Waals surface area (Å²) in [5.41, 5.74) is 1.10. The van der Waals surface area contributed by atoms with Crippen molar-refractivity contribution in [3.63, 3.8) is 0 Å². The van der Waals surface area contributed by atoms with Gasteiger partial charge in [0.25, 0.3) is 0 Å². The molecule has 120 valence electrons. The molecule has 23 heavy (non-hydrogen) atoms. The lowest BCUT2D eigenvalue weighted by atomic mass is 9.98. The number of nitrogens with one attached hydrogen (secondary N) is 1. The number of carbonyl (C=O) groups is 2. The Morgan fingerprint density at radius 3 is 2.83 bits per heavy atom. The van der Waals surface area contributed by atoms with Crippen molar-refractivity contribution in [2.75, 3.05) is 6.54 Å². The Bertz CT molecular complexity index is 708. The second-order valence-electron chi connectivity index (χ2n) is 6.15. The molecule has 0 aliphatic carbocycles. The summed E-state index contributed by atoms with van der Waals surface area (Å²) in [6, 6.07) is 13.9. The molecule has 0 bridgehead atoms. The lowest BCUT2D eigenvalue weighted by Crippen LogP contribution is -2.49. The van der Waals surface area contributed by atoms with Crippen LogP contribution in [-0.2, 0) is 9.59 Å². The SMILES string of the molecule is C[C@@H](NC(=O)[C@@H]1CCCCN1C=O)c1cccc2ccccc12. The zero-order chi connectivity index (χ0) is 16.2. The number of amides is 2. The number of nitrogens with zero attached hydrogens (tertiary/aromatic N) is 1. The Morgan fingerprint density at radius 1 is 1.22 bits per heavy atom. The summed E-state index contributed by atoms with van der Waals surface area (Å²) in [6.07, 6.45) is 3.51. The first-order valence-corrected chi connectivity index (χ1v) is 8.20. The second kappa shape index (κ2) is 6.82. The van der Waals surface area contributed by atoms with Crippen molar-refractivity contribution in [1.29, 1.82) is 0 Å². The van der Waals surface area contributed by atoms with E-state index in [-0.39, 0.29) is 18.0 Å². The second-order valence-corrected chi connectivity index (χ2v) is 6.15. The fraction of sp³-hybridized carbons (Fsp3) is 0.368. The maximum Gasteiger partial charge on any atom is 0.243 e. The molecule has 2 amide bonds. The van der Waals surface area contributed by atoms with Gasteiger partial charge in [0.2, 0.25) is 12.3 Å². The Morgan fingerprint density at radius 2 is 2.00 bits per heavy atom. The third kappa shape index (κ3) is 3.21. The van der Waals surface area contributed by atoms with Gasteiger partial charge < -0.3 is 10.2 Å². The molecule has 1 N–H and O–H groups in total. The van der Waals surface area contributed by atoms with Crippen LogP contribution < -0.4 is 5.32 Å². The zero-order valence-electron chi connectivity index (χ0n) is 13.4. The molecule has 2 aromatic carbocycles. The van der Waals surface area contributed by atoms with E-state index in [1.807, 2.05) is 31.2 Å². The first-order chi connectivity index (χ1) is 11.2. The van der Waals surface area contributed by atoms with Gasteiger partial charge in [-0.3, -0.25) is 9.59 Å². The van der Waals surface area contributed by atoms with Crippen molar-refractivity contribution in [1.82, 2.24) is 10.2 Å². The normalized spacial score (nSPS) is 19.3. The topological polar surface area (TPSA) is 49.4 Å². The molecular weight excluding hydrogens is 288 g/mol. The molecule has 3 rings (SSSR count). The first-order valence-electron chi connectivity index (χ1n) is 8.20. The highest BCUT2D eigenvalue weighted by Gasteiger charge is 2.28. The van der Waals surface area contributed by atoms with Gasteiger partial charge in [-0.1, -0.05) is 42.5 Å². The van der Waals surface area contributed by atoms with Gasteiger partial charge >= 0.3 is 0 Å². The largest absolute Gasteiger partial charge is 0.348 e. The summed E-state index contributed by atoms with van der Waals surface area (Å²) in [7, 11) is 0. The molecule has 1 saturated heterocycles. The molecule has 4 nitrogen and oxygen atoms in total. The lowest BCUT2D eigenvalue weighted by molar-refractivity contribution is -0.135. The average Bonchev–Trinajstić information content (AvgIpc) is 2.61. The van der Waals surface area contributed by atoms with Gasteiger partial charge in [0.05, 0.1) is 6.04 Å². The van der Waals surface area contributed by atoms with Crippen LogP contribution in [0.15, 0.2) is 42.5 Å². The number of piperidine rings is 1. The number of rotatable bonds is 4. The highest BCUT2D eigenvalue weighted by atomic mass is 16.2. The monoisotopic (exact) mass is 310 g/mol. The number of carbonyl (C=O) groups excluding carboxylic acids is 2. The molecule has 0 aromatic heterocycles. The summed E-state index contributed by atoms with van der Waals surface area (Å²) in [5.74, 6) is -0.0581. The van der Waals surface area contributed by atoms with Crippen LogP contribution in [-0.4, -0.2) is 29.8 Å². The fourth-order valence-corrected chi connectivity index (χ4v) is 3.38. The van der Waals surface area contributed by atoms with Crippen molar-refractivity contribution in [3.8, 4) is 0 Å². The molecule has 1 heterocycles. The van der Waals surface area contributed by atoms with Crippen molar-refractivity contribution in [2.45, 2.75) is 38.3 Å². The maximum atomic E-state index is 12.6. The van der Waals surface area contributed by atoms with E-state index >= 15 is 0 Å². The minimum atomic E-state index is -0.335. The van der Waals surface area contributed by atoms with E-state index in [2.05, 4.69) is 23.5 Å². The molecule has 0 saturated carbocycles. The van der Waals surface area contributed by atoms with Crippen LogP contribution in [0.3, 0.4) is 0 Å². The van der Waals surface area contributed by atoms with Crippen LogP contribution in [0.1, 0.15) is 37.8 Å². The molecule has 0 unspecified atom stereocenters. The Kier molecular flexibility index (Phi) is 4.60. The Labute approximate surface area is 136 Å². The summed E-state index contributed by atoms with van der Waals surface area (Å²) < 4.78 is 0. The maximum absolute atomic E-state index is 12.6. The van der Waals surface area contributed by atoms with E-state index in [1.54, 1.807) is 4.90 Å². The lowest BCUT2D eigenvalue weighted by Gasteiger charge is -2.32. The molecule has 4 heteroatoms. The Hall–Kier alpha value is -2.36. The average molecular weight is 310 g/mol. The standard InChI is InChI=1S/C19H22N2O2/c1-14(16-10-6-8-15-7-2-3-9-17(15)16)20-19(23)18-11-4-5-12-21(18)13-22/h2-3,6-10,13-14,18H,4-5,11-12H2,1H3,(H,20,23)/t14-,18+/m1/s1. The van der Waals surface area contributed by atoms with Gasteiger partial charge in [-0.15, -0.1) is 0 Å². The number of hydrogen-bond donors (Lipinski definition) is 1. The van der Waals surface area contributed by atoms with Crippen LogP contribution in [0.5, 0.6) is 0 Å². The fourth-order valence-electron chi connectivity index (χ4n) is 3.38. The summed E-state index contributed by atoms with van der Waals surface area (Å²) in [6.45, 7) is 2.66. The van der Waals surface area contributed by atoms with Crippen LogP contribution in [0.25, 0.3) is 10.8 Å².